The van der Waals surface area contributed by atoms with Crippen LogP contribution < -0.4 is 0 Å². The molecule has 0 aliphatic rings. The lowest BCUT2D eigenvalue weighted by molar-refractivity contribution is 1.15. The molecule has 0 amide bonds. The third kappa shape index (κ3) is 3.56. The van der Waals surface area contributed by atoms with Crippen molar-refractivity contribution in [3.8, 4) is 0 Å². The van der Waals surface area contributed by atoms with Gasteiger partial charge in [-0.25, -0.2) is 0 Å². The van der Waals surface area contributed by atoms with Gasteiger partial charge in [0, 0.05) is 7.05 Å². The zero-order chi connectivity index (χ0) is 8.69. The van der Waals surface area contributed by atoms with Crippen molar-refractivity contribution in [1.82, 2.24) is 0 Å². The first-order valence-electron chi connectivity index (χ1n) is 3.70. The molecule has 60 valence electrons. The van der Waals surface area contributed by atoms with E-state index in [4.69, 9.17) is 0 Å². The molecule has 0 aromatic heterocycles. The van der Waals surface area contributed by atoms with Gasteiger partial charge in [-0.1, -0.05) is 26.2 Å². The molecule has 0 unspecified atom stereocenters. The van der Waals surface area contributed by atoms with Crippen LogP contribution in [0.25, 0.3) is 0 Å². The summed E-state index contributed by atoms with van der Waals surface area (Å²) in [4.78, 5) is 4.02. The van der Waals surface area contributed by atoms with Gasteiger partial charge >= 0.3 is 0 Å². The lowest BCUT2D eigenvalue weighted by Gasteiger charge is -1.95. The minimum absolute atomic E-state index is 0.904. The Morgan fingerprint density at radius 3 is 2.27 bits per heavy atom. The molecule has 1 heteroatoms. The Morgan fingerprint density at radius 1 is 1.36 bits per heavy atom. The molecule has 0 rings (SSSR count). The quantitative estimate of drug-likeness (QED) is 0.430. The first kappa shape index (κ1) is 9.89. The fraction of sp³-hybridized carbons (Fsp3) is 0.300. The summed E-state index contributed by atoms with van der Waals surface area (Å²) in [5.41, 5.74) is 2.09. The molecule has 0 heterocycles. The summed E-state index contributed by atoms with van der Waals surface area (Å²) in [5.74, 6) is 0. The van der Waals surface area contributed by atoms with Gasteiger partial charge in [0.2, 0.25) is 0 Å². The Labute approximate surface area is 68.9 Å². The van der Waals surface area contributed by atoms with Gasteiger partial charge in [-0.3, -0.25) is 4.99 Å². The highest BCUT2D eigenvalue weighted by atomic mass is 14.7. The van der Waals surface area contributed by atoms with E-state index in [1.807, 2.05) is 12.2 Å². The fourth-order valence-corrected chi connectivity index (χ4v) is 0.710. The van der Waals surface area contributed by atoms with E-state index in [1.54, 1.807) is 13.1 Å². The van der Waals surface area contributed by atoms with Crippen molar-refractivity contribution in [3.05, 3.63) is 37.0 Å². The summed E-state index contributed by atoms with van der Waals surface area (Å²) in [7, 11) is 1.75. The lowest BCUT2D eigenvalue weighted by Crippen LogP contribution is -1.88. The summed E-state index contributed by atoms with van der Waals surface area (Å²) >= 11 is 0. The van der Waals surface area contributed by atoms with E-state index in [-0.39, 0.29) is 0 Å². The van der Waals surface area contributed by atoms with Crippen LogP contribution in [0.4, 0.5) is 0 Å². The van der Waals surface area contributed by atoms with Crippen LogP contribution in [-0.2, 0) is 0 Å². The van der Waals surface area contributed by atoms with E-state index in [0.717, 1.165) is 12.1 Å². The summed E-state index contributed by atoms with van der Waals surface area (Å²) in [6.45, 7) is 9.43. The minimum Gasteiger partial charge on any atom is -0.289 e. The van der Waals surface area contributed by atoms with E-state index in [0.29, 0.717) is 0 Å². The maximum Gasteiger partial charge on any atom is 0.0567 e. The van der Waals surface area contributed by atoms with Crippen molar-refractivity contribution >= 4 is 5.71 Å². The highest BCUT2D eigenvalue weighted by molar-refractivity contribution is 6.04. The maximum absolute atomic E-state index is 4.02. The number of nitrogens with zero attached hydrogens (tertiary/aromatic N) is 1. The molecule has 0 saturated heterocycles. The van der Waals surface area contributed by atoms with Gasteiger partial charge in [-0.05, 0) is 24.1 Å². The molecular weight excluding hydrogens is 134 g/mol. The van der Waals surface area contributed by atoms with Gasteiger partial charge in [-0.15, -0.1) is 0 Å². The van der Waals surface area contributed by atoms with Gasteiger partial charge < -0.3 is 0 Å². The van der Waals surface area contributed by atoms with E-state index < -0.39 is 0 Å². The maximum atomic E-state index is 4.02. The van der Waals surface area contributed by atoms with Crippen LogP contribution in [0.3, 0.4) is 0 Å². The fourth-order valence-electron chi connectivity index (χ4n) is 0.710. The Kier molecular flexibility index (Phi) is 5.09. The normalized spacial score (nSPS) is 12.9. The van der Waals surface area contributed by atoms with Crippen molar-refractivity contribution in [3.63, 3.8) is 0 Å². The molecule has 0 bridgehead atoms. The highest BCUT2D eigenvalue weighted by Crippen LogP contribution is 2.01. The summed E-state index contributed by atoms with van der Waals surface area (Å²) in [5, 5.41) is 0. The van der Waals surface area contributed by atoms with Crippen molar-refractivity contribution in [2.24, 2.45) is 4.99 Å². The molecule has 0 radical (unpaired) electrons. The largest absolute Gasteiger partial charge is 0.289 e. The topological polar surface area (TPSA) is 12.4 Å². The van der Waals surface area contributed by atoms with E-state index in [9.17, 15) is 0 Å². The van der Waals surface area contributed by atoms with Gasteiger partial charge in [0.15, 0.2) is 0 Å². The Balaban J connectivity index is 4.47. The third-order valence-electron chi connectivity index (χ3n) is 1.47. The van der Waals surface area contributed by atoms with Crippen LogP contribution in [0.15, 0.2) is 42.0 Å². The molecule has 0 N–H and O–H groups in total. The summed E-state index contributed by atoms with van der Waals surface area (Å²) in [6, 6.07) is 0. The standard InChI is InChI=1S/C10H15N/c1-5-9(6-2)8-10(7-3)11-4/h5,7-8H,1,3,6H2,2,4H3/b9-8-,11-10-. The zero-order valence-corrected chi connectivity index (χ0v) is 7.30. The molecule has 0 aliphatic carbocycles. The zero-order valence-electron chi connectivity index (χ0n) is 7.30. The number of aliphatic imine (C=N–C) groups is 1. The second-order valence-electron chi connectivity index (χ2n) is 2.13. The average Bonchev–Trinajstić information content (AvgIpc) is 2.07. The van der Waals surface area contributed by atoms with E-state index in [2.05, 4.69) is 25.1 Å². The SMILES string of the molecule is C=CC(/C=C(/C=C)CC)=N/C. The second-order valence-corrected chi connectivity index (χ2v) is 2.13. The Morgan fingerprint density at radius 2 is 2.00 bits per heavy atom. The van der Waals surface area contributed by atoms with Gasteiger partial charge in [0.05, 0.1) is 5.71 Å². The minimum atomic E-state index is 0.904. The third-order valence-corrected chi connectivity index (χ3v) is 1.47. The van der Waals surface area contributed by atoms with Crippen molar-refractivity contribution in [2.75, 3.05) is 7.05 Å². The predicted octanol–water partition coefficient (Wildman–Crippen LogP) is 2.77. The molecule has 0 atom stereocenters. The van der Waals surface area contributed by atoms with Gasteiger partial charge in [0.25, 0.3) is 0 Å². The molecular formula is C10H15N. The van der Waals surface area contributed by atoms with E-state index in [1.165, 1.54) is 5.57 Å². The molecule has 0 saturated carbocycles. The Bertz CT molecular complexity index is 197. The van der Waals surface area contributed by atoms with E-state index >= 15 is 0 Å². The van der Waals surface area contributed by atoms with Crippen LogP contribution in [-0.4, -0.2) is 12.8 Å². The first-order valence-corrected chi connectivity index (χ1v) is 3.70. The first-order chi connectivity index (χ1) is 5.28. The number of hydrogen-bond donors (Lipinski definition) is 0. The van der Waals surface area contributed by atoms with Crippen molar-refractivity contribution in [2.45, 2.75) is 13.3 Å². The average molecular weight is 149 g/mol. The monoisotopic (exact) mass is 149 g/mol. The molecule has 0 fully saturated rings. The number of hydrogen-bond acceptors (Lipinski definition) is 1. The molecule has 0 aliphatic heterocycles. The van der Waals surface area contributed by atoms with Crippen LogP contribution in [0.1, 0.15) is 13.3 Å². The molecule has 11 heavy (non-hydrogen) atoms. The molecule has 0 aromatic carbocycles. The smallest absolute Gasteiger partial charge is 0.0567 e. The summed E-state index contributed by atoms with van der Waals surface area (Å²) in [6.07, 6.45) is 6.55. The predicted molar refractivity (Wildman–Crippen MR) is 52.1 cm³/mol. The number of rotatable bonds is 4. The Hall–Kier alpha value is -1.11. The van der Waals surface area contributed by atoms with Crippen LogP contribution in [0.5, 0.6) is 0 Å². The molecule has 1 nitrogen and oxygen atoms in total. The van der Waals surface area contributed by atoms with Crippen LogP contribution in [0.2, 0.25) is 0 Å². The second kappa shape index (κ2) is 5.66. The van der Waals surface area contributed by atoms with Crippen LogP contribution in [0, 0.1) is 0 Å². The highest BCUT2D eigenvalue weighted by Gasteiger charge is 1.88. The number of allylic oxidation sites excluding steroid dienone is 4. The molecule has 0 aromatic rings. The van der Waals surface area contributed by atoms with Gasteiger partial charge in [0.1, 0.15) is 0 Å². The molecule has 0 spiro atoms. The van der Waals surface area contributed by atoms with Crippen molar-refractivity contribution < 1.29 is 0 Å². The van der Waals surface area contributed by atoms with Crippen molar-refractivity contribution in [1.29, 1.82) is 0 Å². The summed E-state index contributed by atoms with van der Waals surface area (Å²) < 4.78 is 0. The van der Waals surface area contributed by atoms with Crippen LogP contribution >= 0.6 is 0 Å². The lowest BCUT2D eigenvalue weighted by atomic mass is 10.1. The van der Waals surface area contributed by atoms with Gasteiger partial charge in [-0.2, -0.15) is 0 Å².